The number of sulfonamides is 1. The summed E-state index contributed by atoms with van der Waals surface area (Å²) in [7, 11) is -1.96. The number of carbonyl (C=O) groups is 1. The first kappa shape index (κ1) is 14.3. The lowest BCUT2D eigenvalue weighted by Gasteiger charge is -2.11. The van der Waals surface area contributed by atoms with Gasteiger partial charge in [0.2, 0.25) is 15.9 Å². The predicted octanol–water partition coefficient (Wildman–Crippen LogP) is -0.794. The van der Waals surface area contributed by atoms with Crippen molar-refractivity contribution in [3.05, 3.63) is 0 Å². The summed E-state index contributed by atoms with van der Waals surface area (Å²) in [5.74, 6) is -0.795. The first-order chi connectivity index (χ1) is 6.93. The third-order valence-electron chi connectivity index (χ3n) is 1.84. The van der Waals surface area contributed by atoms with Gasteiger partial charge in [0.15, 0.2) is 0 Å². The van der Waals surface area contributed by atoms with Gasteiger partial charge in [-0.2, -0.15) is 0 Å². The Bertz CT molecular complexity index is 289. The Labute approximate surface area is 90.2 Å². The number of amides is 1. The molecule has 0 saturated heterocycles. The van der Waals surface area contributed by atoms with Gasteiger partial charge in [-0.3, -0.25) is 9.52 Å². The van der Waals surface area contributed by atoms with E-state index in [9.17, 15) is 13.2 Å². The highest BCUT2D eigenvalue weighted by atomic mass is 32.2. The molecule has 3 N–H and O–H groups in total. The van der Waals surface area contributed by atoms with Crippen LogP contribution in [0.3, 0.4) is 0 Å². The molecule has 0 fully saturated rings. The summed E-state index contributed by atoms with van der Waals surface area (Å²) in [5.41, 5.74) is 5.49. The van der Waals surface area contributed by atoms with E-state index < -0.39 is 22.0 Å². The second-order valence-electron chi connectivity index (χ2n) is 3.11. The number of ether oxygens (including phenoxy) is 1. The van der Waals surface area contributed by atoms with Crippen LogP contribution >= 0.6 is 0 Å². The summed E-state index contributed by atoms with van der Waals surface area (Å²) in [4.78, 5) is 11.3. The molecule has 1 amide bonds. The molecule has 0 aromatic heterocycles. The van der Waals surface area contributed by atoms with Crippen LogP contribution in [0.25, 0.3) is 0 Å². The van der Waals surface area contributed by atoms with Crippen molar-refractivity contribution in [1.29, 1.82) is 0 Å². The number of hydrogen-bond acceptors (Lipinski definition) is 5. The lowest BCUT2D eigenvalue weighted by molar-refractivity contribution is -0.120. The molecule has 0 radical (unpaired) electrons. The molecule has 7 heteroatoms. The molecule has 1 unspecified atom stereocenters. The summed E-state index contributed by atoms with van der Waals surface area (Å²) in [6.45, 7) is 1.95. The molecule has 0 bridgehead atoms. The first-order valence-electron chi connectivity index (χ1n) is 4.71. The molecule has 1 atom stereocenters. The van der Waals surface area contributed by atoms with Crippen LogP contribution < -0.4 is 10.5 Å². The summed E-state index contributed by atoms with van der Waals surface area (Å²) in [5, 5.41) is 0. The summed E-state index contributed by atoms with van der Waals surface area (Å²) in [6.07, 6.45) is 1.02. The van der Waals surface area contributed by atoms with Gasteiger partial charge >= 0.3 is 0 Å². The van der Waals surface area contributed by atoms with Crippen molar-refractivity contribution in [1.82, 2.24) is 4.72 Å². The van der Waals surface area contributed by atoms with Gasteiger partial charge in [-0.25, -0.2) is 8.42 Å². The van der Waals surface area contributed by atoms with Gasteiger partial charge in [0.1, 0.15) is 0 Å². The second kappa shape index (κ2) is 6.76. The Hall–Kier alpha value is -0.660. The minimum absolute atomic E-state index is 0.135. The minimum atomic E-state index is -3.51. The molecule has 6 nitrogen and oxygen atoms in total. The first-order valence-corrected chi connectivity index (χ1v) is 6.37. The van der Waals surface area contributed by atoms with E-state index in [0.29, 0.717) is 19.4 Å². The number of nitrogens with one attached hydrogen (secondary N) is 1. The molecule has 0 aliphatic heterocycles. The third-order valence-corrected chi connectivity index (χ3v) is 3.11. The molecule has 0 spiro atoms. The molecule has 90 valence electrons. The van der Waals surface area contributed by atoms with Crippen LogP contribution in [-0.4, -0.2) is 39.8 Å². The van der Waals surface area contributed by atoms with Gasteiger partial charge in [0.25, 0.3) is 0 Å². The fraction of sp³-hybridized carbons (Fsp3) is 0.875. The van der Waals surface area contributed by atoms with Crippen LogP contribution in [0.15, 0.2) is 0 Å². The Morgan fingerprint density at radius 3 is 2.60 bits per heavy atom. The van der Waals surface area contributed by atoms with Crippen molar-refractivity contribution in [3.8, 4) is 0 Å². The number of methoxy groups -OCH3 is 1. The van der Waals surface area contributed by atoms with Crippen LogP contribution in [-0.2, 0) is 19.6 Å². The standard InChI is InChI=1S/C8H18N2O4S/c1-3-15(12,13)10-8(11)7(9)5-4-6-14-2/h7H,3-6,9H2,1-2H3,(H,10,11). The highest BCUT2D eigenvalue weighted by Crippen LogP contribution is 1.96. The van der Waals surface area contributed by atoms with E-state index in [1.54, 1.807) is 7.11 Å². The van der Waals surface area contributed by atoms with Gasteiger partial charge < -0.3 is 10.5 Å². The van der Waals surface area contributed by atoms with Gasteiger partial charge in [-0.1, -0.05) is 0 Å². The molecular formula is C8H18N2O4S. The normalized spacial score (nSPS) is 13.5. The van der Waals surface area contributed by atoms with Gasteiger partial charge in [-0.05, 0) is 19.8 Å². The Morgan fingerprint density at radius 1 is 1.53 bits per heavy atom. The number of rotatable bonds is 7. The van der Waals surface area contributed by atoms with Crippen molar-refractivity contribution < 1.29 is 17.9 Å². The third kappa shape index (κ3) is 6.43. The SMILES string of the molecule is CCS(=O)(=O)NC(=O)C(N)CCCOC. The quantitative estimate of drug-likeness (QED) is 0.566. The topological polar surface area (TPSA) is 98.5 Å². The van der Waals surface area contributed by atoms with Crippen molar-refractivity contribution in [2.24, 2.45) is 5.73 Å². The summed E-state index contributed by atoms with van der Waals surface area (Å²) in [6, 6.07) is -0.804. The van der Waals surface area contributed by atoms with E-state index in [0.717, 1.165) is 0 Å². The van der Waals surface area contributed by atoms with Crippen LogP contribution in [0.5, 0.6) is 0 Å². The Balaban J connectivity index is 4.00. The van der Waals surface area contributed by atoms with Crippen molar-refractivity contribution in [3.63, 3.8) is 0 Å². The van der Waals surface area contributed by atoms with Crippen LogP contribution in [0, 0.1) is 0 Å². The van der Waals surface area contributed by atoms with Crippen molar-refractivity contribution in [2.75, 3.05) is 19.5 Å². The molecule has 0 aromatic carbocycles. The molecular weight excluding hydrogens is 220 g/mol. The van der Waals surface area contributed by atoms with Crippen LogP contribution in [0.2, 0.25) is 0 Å². The number of carbonyl (C=O) groups excluding carboxylic acids is 1. The monoisotopic (exact) mass is 238 g/mol. The lowest BCUT2D eigenvalue weighted by Crippen LogP contribution is -2.43. The van der Waals surface area contributed by atoms with Gasteiger partial charge in [-0.15, -0.1) is 0 Å². The van der Waals surface area contributed by atoms with E-state index in [-0.39, 0.29) is 5.75 Å². The fourth-order valence-electron chi connectivity index (χ4n) is 0.880. The van der Waals surface area contributed by atoms with E-state index in [1.807, 2.05) is 4.72 Å². The maximum atomic E-state index is 11.3. The average Bonchev–Trinajstić information content (AvgIpc) is 2.17. The smallest absolute Gasteiger partial charge is 0.250 e. The lowest BCUT2D eigenvalue weighted by atomic mass is 10.2. The zero-order valence-corrected chi connectivity index (χ0v) is 9.84. The number of hydrogen-bond donors (Lipinski definition) is 2. The zero-order chi connectivity index (χ0) is 11.9. The maximum absolute atomic E-state index is 11.3. The van der Waals surface area contributed by atoms with E-state index >= 15 is 0 Å². The maximum Gasteiger partial charge on any atom is 0.250 e. The van der Waals surface area contributed by atoms with Crippen LogP contribution in [0.1, 0.15) is 19.8 Å². The van der Waals surface area contributed by atoms with E-state index in [1.165, 1.54) is 6.92 Å². The molecule has 0 heterocycles. The Morgan fingerprint density at radius 2 is 2.13 bits per heavy atom. The van der Waals surface area contributed by atoms with Gasteiger partial charge in [0, 0.05) is 13.7 Å². The average molecular weight is 238 g/mol. The molecule has 15 heavy (non-hydrogen) atoms. The van der Waals surface area contributed by atoms with Crippen LogP contribution in [0.4, 0.5) is 0 Å². The predicted molar refractivity (Wildman–Crippen MR) is 56.7 cm³/mol. The van der Waals surface area contributed by atoms with Crippen molar-refractivity contribution >= 4 is 15.9 Å². The summed E-state index contributed by atoms with van der Waals surface area (Å²) >= 11 is 0. The second-order valence-corrected chi connectivity index (χ2v) is 5.12. The van der Waals surface area contributed by atoms with E-state index in [2.05, 4.69) is 0 Å². The summed E-state index contributed by atoms with van der Waals surface area (Å²) < 4.78 is 28.8. The number of nitrogens with two attached hydrogens (primary N) is 1. The van der Waals surface area contributed by atoms with Gasteiger partial charge in [0.05, 0.1) is 11.8 Å². The minimum Gasteiger partial charge on any atom is -0.385 e. The largest absolute Gasteiger partial charge is 0.385 e. The van der Waals surface area contributed by atoms with E-state index in [4.69, 9.17) is 10.5 Å². The molecule has 0 saturated carbocycles. The fourth-order valence-corrected chi connectivity index (χ4v) is 1.48. The molecule has 0 aliphatic carbocycles. The molecule has 0 rings (SSSR count). The highest BCUT2D eigenvalue weighted by molar-refractivity contribution is 7.90. The van der Waals surface area contributed by atoms with Crippen molar-refractivity contribution in [2.45, 2.75) is 25.8 Å². The molecule has 0 aliphatic rings. The highest BCUT2D eigenvalue weighted by Gasteiger charge is 2.18. The Kier molecular flexibility index (Phi) is 6.46. The zero-order valence-electron chi connectivity index (χ0n) is 9.02. The molecule has 0 aromatic rings.